The van der Waals surface area contributed by atoms with E-state index in [1.807, 2.05) is 30.3 Å². The summed E-state index contributed by atoms with van der Waals surface area (Å²) < 4.78 is 6.17. The van der Waals surface area contributed by atoms with Crippen LogP contribution in [-0.4, -0.2) is 4.98 Å². The van der Waals surface area contributed by atoms with E-state index in [-0.39, 0.29) is 6.04 Å². The smallest absolute Gasteiger partial charge is 0.120 e. The van der Waals surface area contributed by atoms with Crippen LogP contribution in [0.3, 0.4) is 0 Å². The molecule has 2 aromatic rings. The molecule has 84 valence electrons. The summed E-state index contributed by atoms with van der Waals surface area (Å²) in [6.45, 7) is 2.79. The average Bonchev–Trinajstić information content (AvgIpc) is 2.79. The fraction of sp³-hybridized carbons (Fsp3) is 0.250. The minimum absolute atomic E-state index is 0.191. The summed E-state index contributed by atoms with van der Waals surface area (Å²) in [5.74, 6) is 0.940. The Labute approximate surface area is 103 Å². The Kier molecular flexibility index (Phi) is 3.74. The molecule has 0 radical (unpaired) electrons. The summed E-state index contributed by atoms with van der Waals surface area (Å²) in [6, 6.07) is 9.94. The highest BCUT2D eigenvalue weighted by atomic mass is 79.9. The van der Waals surface area contributed by atoms with Gasteiger partial charge in [0.25, 0.3) is 0 Å². The summed E-state index contributed by atoms with van der Waals surface area (Å²) in [5.41, 5.74) is 1.01. The molecule has 0 spiro atoms. The molecular weight excluding hydrogens is 268 g/mol. The van der Waals surface area contributed by atoms with Crippen molar-refractivity contribution in [3.63, 3.8) is 0 Å². The van der Waals surface area contributed by atoms with Crippen molar-refractivity contribution in [2.24, 2.45) is 0 Å². The van der Waals surface area contributed by atoms with Crippen molar-refractivity contribution >= 4 is 15.9 Å². The van der Waals surface area contributed by atoms with Crippen molar-refractivity contribution < 1.29 is 4.42 Å². The van der Waals surface area contributed by atoms with Crippen LogP contribution in [0.15, 0.2) is 45.6 Å². The van der Waals surface area contributed by atoms with Gasteiger partial charge in [0.1, 0.15) is 10.4 Å². The zero-order valence-electron chi connectivity index (χ0n) is 8.98. The molecule has 2 aromatic heterocycles. The second-order valence-corrected chi connectivity index (χ2v) is 4.38. The lowest BCUT2D eigenvalue weighted by molar-refractivity contribution is 0.428. The van der Waals surface area contributed by atoms with E-state index < -0.39 is 0 Å². The van der Waals surface area contributed by atoms with Crippen LogP contribution in [-0.2, 0) is 6.54 Å². The fourth-order valence-electron chi connectivity index (χ4n) is 1.44. The number of halogens is 1. The van der Waals surface area contributed by atoms with Gasteiger partial charge in [-0.05, 0) is 47.1 Å². The number of nitrogens with zero attached hydrogens (tertiary/aromatic N) is 1. The van der Waals surface area contributed by atoms with Crippen LogP contribution in [0.2, 0.25) is 0 Å². The maximum atomic E-state index is 5.32. The molecule has 0 saturated carbocycles. The number of furan rings is 1. The number of rotatable bonds is 4. The van der Waals surface area contributed by atoms with Crippen molar-refractivity contribution in [2.45, 2.75) is 19.5 Å². The molecule has 0 amide bonds. The van der Waals surface area contributed by atoms with Gasteiger partial charge in [0.2, 0.25) is 0 Å². The van der Waals surface area contributed by atoms with E-state index >= 15 is 0 Å². The molecule has 0 aliphatic carbocycles. The Bertz CT molecular complexity index is 442. The lowest BCUT2D eigenvalue weighted by atomic mass is 10.2. The fourth-order valence-corrected chi connectivity index (χ4v) is 1.83. The molecule has 0 fully saturated rings. The average molecular weight is 281 g/mol. The molecule has 1 atom stereocenters. The summed E-state index contributed by atoms with van der Waals surface area (Å²) in [7, 11) is 0. The van der Waals surface area contributed by atoms with E-state index in [2.05, 4.69) is 33.2 Å². The Balaban J connectivity index is 1.92. The number of hydrogen-bond donors (Lipinski definition) is 1. The minimum atomic E-state index is 0.191. The van der Waals surface area contributed by atoms with Gasteiger partial charge in [-0.1, -0.05) is 6.07 Å². The largest absolute Gasteiger partial charge is 0.468 e. The Morgan fingerprint density at radius 1 is 1.38 bits per heavy atom. The number of nitrogens with one attached hydrogen (secondary N) is 1. The Morgan fingerprint density at radius 3 is 2.94 bits per heavy atom. The molecule has 0 bridgehead atoms. The highest BCUT2D eigenvalue weighted by Gasteiger charge is 2.07. The third-order valence-electron chi connectivity index (χ3n) is 2.33. The molecule has 16 heavy (non-hydrogen) atoms. The van der Waals surface area contributed by atoms with E-state index in [1.165, 1.54) is 0 Å². The van der Waals surface area contributed by atoms with Crippen molar-refractivity contribution in [3.05, 3.63) is 52.7 Å². The molecule has 1 unspecified atom stereocenters. The standard InChI is InChI=1S/C12H13BrN2O/c1-9(11-5-3-7-16-11)14-8-10-4-2-6-12(13)15-10/h2-7,9,14H,8H2,1H3. The first kappa shape index (κ1) is 11.4. The minimum Gasteiger partial charge on any atom is -0.468 e. The summed E-state index contributed by atoms with van der Waals surface area (Å²) in [5, 5.41) is 3.35. The van der Waals surface area contributed by atoms with Crippen LogP contribution in [0.25, 0.3) is 0 Å². The van der Waals surface area contributed by atoms with Crippen molar-refractivity contribution in [1.82, 2.24) is 10.3 Å². The topological polar surface area (TPSA) is 38.1 Å². The SMILES string of the molecule is CC(NCc1cccc(Br)n1)c1ccco1. The molecule has 0 aromatic carbocycles. The highest BCUT2D eigenvalue weighted by molar-refractivity contribution is 9.10. The third-order valence-corrected chi connectivity index (χ3v) is 2.77. The molecule has 0 aliphatic rings. The summed E-state index contributed by atoms with van der Waals surface area (Å²) >= 11 is 3.35. The van der Waals surface area contributed by atoms with Gasteiger partial charge < -0.3 is 9.73 Å². The van der Waals surface area contributed by atoms with Crippen LogP contribution < -0.4 is 5.32 Å². The predicted molar refractivity (Wildman–Crippen MR) is 65.9 cm³/mol. The summed E-state index contributed by atoms with van der Waals surface area (Å²) in [4.78, 5) is 4.35. The van der Waals surface area contributed by atoms with Crippen LogP contribution in [0.5, 0.6) is 0 Å². The van der Waals surface area contributed by atoms with E-state index in [9.17, 15) is 0 Å². The number of aromatic nitrogens is 1. The van der Waals surface area contributed by atoms with Gasteiger partial charge in [-0.2, -0.15) is 0 Å². The molecule has 0 aliphatic heterocycles. The first-order valence-electron chi connectivity index (χ1n) is 5.14. The van der Waals surface area contributed by atoms with E-state index in [0.717, 1.165) is 22.6 Å². The van der Waals surface area contributed by atoms with Crippen molar-refractivity contribution in [2.75, 3.05) is 0 Å². The molecule has 2 rings (SSSR count). The highest BCUT2D eigenvalue weighted by Crippen LogP contribution is 2.13. The van der Waals surface area contributed by atoms with Crippen LogP contribution in [0.4, 0.5) is 0 Å². The first-order valence-corrected chi connectivity index (χ1v) is 5.93. The Hall–Kier alpha value is -1.13. The van der Waals surface area contributed by atoms with Gasteiger partial charge in [-0.3, -0.25) is 0 Å². The molecule has 3 nitrogen and oxygen atoms in total. The monoisotopic (exact) mass is 280 g/mol. The van der Waals surface area contributed by atoms with E-state index in [1.54, 1.807) is 6.26 Å². The zero-order valence-corrected chi connectivity index (χ0v) is 10.6. The molecule has 2 heterocycles. The number of pyridine rings is 1. The first-order chi connectivity index (χ1) is 7.75. The second-order valence-electron chi connectivity index (χ2n) is 3.57. The Morgan fingerprint density at radius 2 is 2.25 bits per heavy atom. The maximum absolute atomic E-state index is 5.32. The van der Waals surface area contributed by atoms with Crippen molar-refractivity contribution in [3.8, 4) is 0 Å². The van der Waals surface area contributed by atoms with Gasteiger partial charge in [-0.15, -0.1) is 0 Å². The molecule has 0 saturated heterocycles. The quantitative estimate of drug-likeness (QED) is 0.874. The third kappa shape index (κ3) is 2.93. The van der Waals surface area contributed by atoms with Crippen molar-refractivity contribution in [1.29, 1.82) is 0 Å². The summed E-state index contributed by atoms with van der Waals surface area (Å²) in [6.07, 6.45) is 1.69. The molecule has 4 heteroatoms. The van der Waals surface area contributed by atoms with Crippen LogP contribution in [0, 0.1) is 0 Å². The van der Waals surface area contributed by atoms with Gasteiger partial charge >= 0.3 is 0 Å². The normalized spacial score (nSPS) is 12.6. The van der Waals surface area contributed by atoms with Gasteiger partial charge in [0.05, 0.1) is 18.0 Å². The van der Waals surface area contributed by atoms with E-state index in [0.29, 0.717) is 0 Å². The van der Waals surface area contributed by atoms with Gasteiger partial charge in [0.15, 0.2) is 0 Å². The van der Waals surface area contributed by atoms with Crippen LogP contribution >= 0.6 is 15.9 Å². The van der Waals surface area contributed by atoms with Gasteiger partial charge in [0, 0.05) is 6.54 Å². The lowest BCUT2D eigenvalue weighted by Gasteiger charge is -2.10. The van der Waals surface area contributed by atoms with E-state index in [4.69, 9.17) is 4.42 Å². The zero-order chi connectivity index (χ0) is 11.4. The predicted octanol–water partition coefficient (Wildman–Crippen LogP) is 3.29. The van der Waals surface area contributed by atoms with Gasteiger partial charge in [-0.25, -0.2) is 4.98 Å². The molecular formula is C12H13BrN2O. The molecule has 1 N–H and O–H groups in total. The lowest BCUT2D eigenvalue weighted by Crippen LogP contribution is -2.18. The number of hydrogen-bond acceptors (Lipinski definition) is 3. The second kappa shape index (κ2) is 5.27. The van der Waals surface area contributed by atoms with Crippen LogP contribution in [0.1, 0.15) is 24.4 Å². The maximum Gasteiger partial charge on any atom is 0.120 e.